The van der Waals surface area contributed by atoms with E-state index in [0.717, 1.165) is 16.9 Å². The van der Waals surface area contributed by atoms with Gasteiger partial charge in [-0.05, 0) is 18.4 Å². The summed E-state index contributed by atoms with van der Waals surface area (Å²) in [6.07, 6.45) is 6.50. The first-order valence-electron chi connectivity index (χ1n) is 4.52. The average Bonchev–Trinajstić information content (AvgIpc) is 2.63. The predicted molar refractivity (Wildman–Crippen MR) is 63.3 cm³/mol. The lowest BCUT2D eigenvalue weighted by molar-refractivity contribution is 1.25. The Kier molecular flexibility index (Phi) is 2.51. The molecule has 5 N–H and O–H groups in total. The number of aromatic amines is 1. The van der Waals surface area contributed by atoms with Gasteiger partial charge in [0, 0.05) is 28.9 Å². The molecule has 0 radical (unpaired) electrons. The second kappa shape index (κ2) is 3.82. The minimum absolute atomic E-state index is 0.338. The van der Waals surface area contributed by atoms with Crippen molar-refractivity contribution in [1.82, 2.24) is 4.98 Å². The number of hydrogen-bond donors (Lipinski definition) is 4. The highest BCUT2D eigenvalue weighted by atomic mass is 35.5. The Morgan fingerprint density at radius 2 is 2.40 bits per heavy atom. The third kappa shape index (κ3) is 1.64. The van der Waals surface area contributed by atoms with Gasteiger partial charge in [0.25, 0.3) is 0 Å². The van der Waals surface area contributed by atoms with Crippen LogP contribution in [0.25, 0.3) is 5.03 Å². The Morgan fingerprint density at radius 1 is 1.60 bits per heavy atom. The van der Waals surface area contributed by atoms with E-state index >= 15 is 0 Å². The molecule has 1 aliphatic heterocycles. The molecule has 0 unspecified atom stereocenters. The normalized spacial score (nSPS) is 14.6. The molecule has 0 aliphatic carbocycles. The third-order valence-electron chi connectivity index (χ3n) is 2.23. The predicted octanol–water partition coefficient (Wildman–Crippen LogP) is 1.86. The van der Waals surface area contributed by atoms with Crippen LogP contribution in [0.5, 0.6) is 0 Å². The molecule has 15 heavy (non-hydrogen) atoms. The number of rotatable bonds is 2. The van der Waals surface area contributed by atoms with Crippen LogP contribution in [-0.4, -0.2) is 17.2 Å². The van der Waals surface area contributed by atoms with Gasteiger partial charge in [0.2, 0.25) is 0 Å². The first kappa shape index (κ1) is 9.86. The van der Waals surface area contributed by atoms with Crippen LogP contribution >= 0.6 is 11.6 Å². The SMILES string of the molecule is N=C(/C=C\N)c1c[nH]c2c1C(Cl)=CCN2. The van der Waals surface area contributed by atoms with Crippen molar-refractivity contribution in [3.8, 4) is 0 Å². The maximum Gasteiger partial charge on any atom is 0.113 e. The Hall–Kier alpha value is -1.68. The van der Waals surface area contributed by atoms with Crippen LogP contribution in [0.15, 0.2) is 24.5 Å². The lowest BCUT2D eigenvalue weighted by Gasteiger charge is -2.12. The summed E-state index contributed by atoms with van der Waals surface area (Å²) in [5.41, 5.74) is 7.18. The molecular formula is C10H11ClN4. The Morgan fingerprint density at radius 3 is 3.13 bits per heavy atom. The largest absolute Gasteiger partial charge is 0.405 e. The second-order valence-electron chi connectivity index (χ2n) is 3.16. The minimum atomic E-state index is 0.338. The number of nitrogens with two attached hydrogens (primary N) is 1. The molecule has 4 nitrogen and oxygen atoms in total. The average molecular weight is 223 g/mol. The van der Waals surface area contributed by atoms with E-state index in [1.165, 1.54) is 12.3 Å². The molecule has 0 bridgehead atoms. The highest BCUT2D eigenvalue weighted by Crippen LogP contribution is 2.32. The summed E-state index contributed by atoms with van der Waals surface area (Å²) in [4.78, 5) is 3.04. The Labute approximate surface area is 92.3 Å². The molecular weight excluding hydrogens is 212 g/mol. The van der Waals surface area contributed by atoms with Crippen LogP contribution < -0.4 is 11.1 Å². The van der Waals surface area contributed by atoms with Crippen LogP contribution in [0.2, 0.25) is 0 Å². The smallest absolute Gasteiger partial charge is 0.113 e. The zero-order chi connectivity index (χ0) is 10.8. The van der Waals surface area contributed by atoms with Crippen molar-refractivity contribution in [3.05, 3.63) is 35.7 Å². The number of aromatic nitrogens is 1. The van der Waals surface area contributed by atoms with Crippen molar-refractivity contribution in [2.24, 2.45) is 5.73 Å². The highest BCUT2D eigenvalue weighted by molar-refractivity contribution is 6.50. The van der Waals surface area contributed by atoms with E-state index in [-0.39, 0.29) is 0 Å². The van der Waals surface area contributed by atoms with Gasteiger partial charge in [0.05, 0.1) is 5.71 Å². The van der Waals surface area contributed by atoms with Crippen molar-refractivity contribution in [2.45, 2.75) is 0 Å². The molecule has 0 aromatic carbocycles. The van der Waals surface area contributed by atoms with Gasteiger partial charge in [0.15, 0.2) is 0 Å². The fourth-order valence-corrected chi connectivity index (χ4v) is 1.83. The summed E-state index contributed by atoms with van der Waals surface area (Å²) in [5, 5.41) is 11.6. The van der Waals surface area contributed by atoms with Crippen LogP contribution in [0, 0.1) is 5.41 Å². The topological polar surface area (TPSA) is 77.7 Å². The summed E-state index contributed by atoms with van der Waals surface area (Å²) in [5.74, 6) is 0.854. The summed E-state index contributed by atoms with van der Waals surface area (Å²) < 4.78 is 0. The van der Waals surface area contributed by atoms with Crippen molar-refractivity contribution in [2.75, 3.05) is 11.9 Å². The molecule has 1 aromatic rings. The van der Waals surface area contributed by atoms with Crippen LogP contribution in [0.4, 0.5) is 5.82 Å². The van der Waals surface area contributed by atoms with Crippen LogP contribution in [-0.2, 0) is 0 Å². The van der Waals surface area contributed by atoms with E-state index in [0.29, 0.717) is 17.3 Å². The fraction of sp³-hybridized carbons (Fsp3) is 0.100. The zero-order valence-electron chi connectivity index (χ0n) is 7.97. The number of anilines is 1. The number of allylic oxidation sites excluding steroid dienone is 1. The maximum absolute atomic E-state index is 7.78. The molecule has 2 rings (SSSR count). The molecule has 0 atom stereocenters. The first-order valence-corrected chi connectivity index (χ1v) is 4.90. The Balaban J connectivity index is 2.48. The Bertz CT molecular complexity index is 456. The molecule has 0 amide bonds. The van der Waals surface area contributed by atoms with Gasteiger partial charge < -0.3 is 21.4 Å². The van der Waals surface area contributed by atoms with Crippen LogP contribution in [0.1, 0.15) is 11.1 Å². The molecule has 5 heteroatoms. The van der Waals surface area contributed by atoms with E-state index in [2.05, 4.69) is 10.3 Å². The third-order valence-corrected chi connectivity index (χ3v) is 2.58. The monoisotopic (exact) mass is 222 g/mol. The standard InChI is InChI=1S/C10H11ClN4/c11-7-2-4-14-10-9(7)6(5-15-10)8(13)1-3-12/h1-3,5,13-15H,4,12H2/b3-1-,13-8?. The highest BCUT2D eigenvalue weighted by Gasteiger charge is 2.18. The lowest BCUT2D eigenvalue weighted by atomic mass is 10.1. The van der Waals surface area contributed by atoms with Gasteiger partial charge in [-0.2, -0.15) is 0 Å². The van der Waals surface area contributed by atoms with Gasteiger partial charge >= 0.3 is 0 Å². The van der Waals surface area contributed by atoms with E-state index in [1.807, 2.05) is 6.08 Å². The molecule has 1 aromatic heterocycles. The lowest BCUT2D eigenvalue weighted by Crippen LogP contribution is -2.07. The van der Waals surface area contributed by atoms with Crippen molar-refractivity contribution in [3.63, 3.8) is 0 Å². The molecule has 0 saturated heterocycles. The van der Waals surface area contributed by atoms with Gasteiger partial charge in [0.1, 0.15) is 5.82 Å². The molecule has 0 spiro atoms. The number of halogens is 1. The van der Waals surface area contributed by atoms with Crippen molar-refractivity contribution in [1.29, 1.82) is 5.41 Å². The molecule has 0 fully saturated rings. The summed E-state index contributed by atoms with van der Waals surface area (Å²) in [7, 11) is 0. The van der Waals surface area contributed by atoms with Gasteiger partial charge in [-0.25, -0.2) is 0 Å². The zero-order valence-corrected chi connectivity index (χ0v) is 8.73. The van der Waals surface area contributed by atoms with Crippen molar-refractivity contribution >= 4 is 28.2 Å². The number of nitrogens with one attached hydrogen (secondary N) is 3. The quantitative estimate of drug-likeness (QED) is 0.577. The molecule has 2 heterocycles. The number of H-pyrrole nitrogens is 1. The van der Waals surface area contributed by atoms with E-state index in [1.54, 1.807) is 6.20 Å². The number of hydrogen-bond acceptors (Lipinski definition) is 3. The first-order chi connectivity index (χ1) is 7.24. The van der Waals surface area contributed by atoms with E-state index < -0.39 is 0 Å². The number of fused-ring (bicyclic) bond motifs is 1. The van der Waals surface area contributed by atoms with Gasteiger partial charge in [-0.1, -0.05) is 11.6 Å². The van der Waals surface area contributed by atoms with E-state index in [9.17, 15) is 0 Å². The van der Waals surface area contributed by atoms with Crippen LogP contribution in [0.3, 0.4) is 0 Å². The summed E-state index contributed by atoms with van der Waals surface area (Å²) in [6, 6.07) is 0. The summed E-state index contributed by atoms with van der Waals surface area (Å²) >= 11 is 6.09. The minimum Gasteiger partial charge on any atom is -0.405 e. The van der Waals surface area contributed by atoms with Gasteiger partial charge in [-0.3, -0.25) is 0 Å². The maximum atomic E-state index is 7.78. The van der Waals surface area contributed by atoms with Crippen molar-refractivity contribution < 1.29 is 0 Å². The molecule has 1 aliphatic rings. The second-order valence-corrected chi connectivity index (χ2v) is 3.57. The molecule has 0 saturated carbocycles. The molecule has 78 valence electrons. The summed E-state index contributed by atoms with van der Waals surface area (Å²) in [6.45, 7) is 0.700. The fourth-order valence-electron chi connectivity index (χ4n) is 1.55. The van der Waals surface area contributed by atoms with E-state index in [4.69, 9.17) is 22.7 Å². The van der Waals surface area contributed by atoms with Gasteiger partial charge in [-0.15, -0.1) is 0 Å².